The summed E-state index contributed by atoms with van der Waals surface area (Å²) in [7, 11) is 0. The lowest BCUT2D eigenvalue weighted by molar-refractivity contribution is -0.140. The van der Waals surface area contributed by atoms with E-state index < -0.39 is 35.6 Å². The third kappa shape index (κ3) is 2.29. The van der Waals surface area contributed by atoms with Crippen molar-refractivity contribution >= 4 is 0 Å². The summed E-state index contributed by atoms with van der Waals surface area (Å²) in [5.41, 5.74) is 1.60. The monoisotopic (exact) mass is 243 g/mol. The van der Waals surface area contributed by atoms with Crippen molar-refractivity contribution in [1.82, 2.24) is 0 Å². The van der Waals surface area contributed by atoms with Crippen molar-refractivity contribution in [2.45, 2.75) is 12.1 Å². The predicted octanol–water partition coefficient (Wildman–Crippen LogP) is 2.90. The van der Waals surface area contributed by atoms with E-state index >= 15 is 0 Å². The number of halogens is 6. The van der Waals surface area contributed by atoms with Gasteiger partial charge in [-0.25, -0.2) is 4.39 Å². The quantitative estimate of drug-likeness (QED) is 0.794. The summed E-state index contributed by atoms with van der Waals surface area (Å²) in [6, 6.07) is 1.69. The Balaban J connectivity index is 3.36. The van der Waals surface area contributed by atoms with Gasteiger partial charge in [-0.15, -0.1) is 0 Å². The number of rotatable bonds is 2. The highest BCUT2D eigenvalue weighted by atomic mass is 19.4. The minimum atomic E-state index is -5.01. The molecule has 2 N–H and O–H groups in total. The van der Waals surface area contributed by atoms with E-state index in [4.69, 9.17) is 0 Å². The molecule has 1 rings (SSSR count). The number of hydrogen-bond acceptors (Lipinski definition) is 1. The van der Waals surface area contributed by atoms with Crippen LogP contribution in [0.1, 0.15) is 11.1 Å². The molecule has 7 heteroatoms. The van der Waals surface area contributed by atoms with Crippen molar-refractivity contribution in [3.8, 4) is 0 Å². The summed E-state index contributed by atoms with van der Waals surface area (Å²) >= 11 is 0. The van der Waals surface area contributed by atoms with E-state index in [1.54, 1.807) is 0 Å². The fourth-order valence-corrected chi connectivity index (χ4v) is 1.14. The van der Waals surface area contributed by atoms with Crippen molar-refractivity contribution in [1.29, 1.82) is 0 Å². The fraction of sp³-hybridized carbons (Fsp3) is 0.333. The lowest BCUT2D eigenvalue weighted by Gasteiger charge is -2.17. The Bertz CT molecular complexity index is 384. The van der Waals surface area contributed by atoms with Gasteiger partial charge < -0.3 is 5.73 Å². The van der Waals surface area contributed by atoms with Gasteiger partial charge in [0.1, 0.15) is 5.82 Å². The molecular formula is C9H7F6N. The topological polar surface area (TPSA) is 26.0 Å². The Morgan fingerprint density at radius 1 is 1.00 bits per heavy atom. The zero-order chi connectivity index (χ0) is 12.6. The molecule has 0 aliphatic rings. The first kappa shape index (κ1) is 12.8. The van der Waals surface area contributed by atoms with Crippen molar-refractivity contribution in [2.75, 3.05) is 6.54 Å². The number of alkyl halides is 5. The van der Waals surface area contributed by atoms with Gasteiger partial charge in [-0.2, -0.15) is 22.0 Å². The van der Waals surface area contributed by atoms with Gasteiger partial charge in [0.05, 0.1) is 17.7 Å². The molecule has 0 unspecified atom stereocenters. The molecule has 0 amide bonds. The van der Waals surface area contributed by atoms with Gasteiger partial charge in [-0.3, -0.25) is 0 Å². The molecule has 0 saturated heterocycles. The van der Waals surface area contributed by atoms with Crippen LogP contribution in [0.5, 0.6) is 0 Å². The van der Waals surface area contributed by atoms with Gasteiger partial charge in [0.25, 0.3) is 5.92 Å². The molecule has 90 valence electrons. The normalized spacial score (nSPS) is 12.9. The molecule has 0 bridgehead atoms. The fourth-order valence-electron chi connectivity index (χ4n) is 1.14. The maximum absolute atomic E-state index is 13.2. The second-order valence-electron chi connectivity index (χ2n) is 3.07. The Hall–Kier alpha value is -1.24. The van der Waals surface area contributed by atoms with Crippen LogP contribution in [-0.2, 0) is 12.1 Å². The second kappa shape index (κ2) is 3.97. The Morgan fingerprint density at radius 2 is 1.50 bits per heavy atom. The summed E-state index contributed by atoms with van der Waals surface area (Å²) in [5, 5.41) is 0. The van der Waals surface area contributed by atoms with Crippen LogP contribution >= 0.6 is 0 Å². The van der Waals surface area contributed by atoms with Crippen molar-refractivity contribution in [2.24, 2.45) is 5.73 Å². The first-order valence-electron chi connectivity index (χ1n) is 4.14. The minimum Gasteiger partial charge on any atom is -0.325 e. The van der Waals surface area contributed by atoms with Crippen molar-refractivity contribution < 1.29 is 26.3 Å². The largest absolute Gasteiger partial charge is 0.419 e. The molecular weight excluding hydrogens is 236 g/mol. The maximum atomic E-state index is 13.2. The molecule has 1 nitrogen and oxygen atoms in total. The summed E-state index contributed by atoms with van der Waals surface area (Å²) in [6.07, 6.45) is -5.01. The minimum absolute atomic E-state index is 0.394. The zero-order valence-corrected chi connectivity index (χ0v) is 7.78. The lowest BCUT2D eigenvalue weighted by Crippen LogP contribution is -2.27. The molecule has 0 aliphatic carbocycles. The first-order chi connectivity index (χ1) is 7.20. The highest BCUT2D eigenvalue weighted by Crippen LogP contribution is 2.36. The zero-order valence-electron chi connectivity index (χ0n) is 7.78. The Morgan fingerprint density at radius 3 is 1.94 bits per heavy atom. The average Bonchev–Trinajstić information content (AvgIpc) is 2.16. The molecule has 0 spiro atoms. The van der Waals surface area contributed by atoms with E-state index in [-0.39, 0.29) is 0 Å². The van der Waals surface area contributed by atoms with E-state index in [2.05, 4.69) is 5.73 Å². The predicted molar refractivity (Wildman–Crippen MR) is 44.4 cm³/mol. The van der Waals surface area contributed by atoms with E-state index in [1.807, 2.05) is 0 Å². The standard InChI is InChI=1S/C9H7F6N/c10-7-5(8(11,12)4-16)2-1-3-6(7)9(13,14)15/h1-3H,4,16H2. The molecule has 0 saturated carbocycles. The highest BCUT2D eigenvalue weighted by Gasteiger charge is 2.40. The lowest BCUT2D eigenvalue weighted by atomic mass is 10.0. The molecule has 16 heavy (non-hydrogen) atoms. The highest BCUT2D eigenvalue weighted by molar-refractivity contribution is 5.31. The molecule has 0 radical (unpaired) electrons. The van der Waals surface area contributed by atoms with E-state index in [0.29, 0.717) is 18.2 Å². The van der Waals surface area contributed by atoms with Gasteiger partial charge in [0.15, 0.2) is 0 Å². The summed E-state index contributed by atoms with van der Waals surface area (Å²) in [4.78, 5) is 0. The van der Waals surface area contributed by atoms with Crippen LogP contribution in [0.2, 0.25) is 0 Å². The molecule has 0 aliphatic heterocycles. The molecule has 1 aromatic carbocycles. The molecule has 0 heterocycles. The van der Waals surface area contributed by atoms with Crippen LogP contribution in [0.3, 0.4) is 0 Å². The van der Waals surface area contributed by atoms with E-state index in [1.165, 1.54) is 0 Å². The van der Waals surface area contributed by atoms with Crippen molar-refractivity contribution in [3.05, 3.63) is 35.1 Å². The van der Waals surface area contributed by atoms with Gasteiger partial charge in [0.2, 0.25) is 0 Å². The SMILES string of the molecule is NCC(F)(F)c1cccc(C(F)(F)F)c1F. The Labute approximate surface area is 86.9 Å². The van der Waals surface area contributed by atoms with E-state index in [9.17, 15) is 26.3 Å². The molecule has 1 aromatic rings. The average molecular weight is 243 g/mol. The summed E-state index contributed by atoms with van der Waals surface area (Å²) < 4.78 is 75.8. The molecule has 0 atom stereocenters. The van der Waals surface area contributed by atoms with Gasteiger partial charge in [-0.1, -0.05) is 12.1 Å². The van der Waals surface area contributed by atoms with Crippen LogP contribution in [0.25, 0.3) is 0 Å². The van der Waals surface area contributed by atoms with Crippen LogP contribution in [0, 0.1) is 5.82 Å². The second-order valence-corrected chi connectivity index (χ2v) is 3.07. The van der Waals surface area contributed by atoms with Gasteiger partial charge >= 0.3 is 6.18 Å². The number of benzene rings is 1. The summed E-state index contributed by atoms with van der Waals surface area (Å²) in [5.74, 6) is -5.80. The first-order valence-corrected chi connectivity index (χ1v) is 4.14. The number of nitrogens with two attached hydrogens (primary N) is 1. The number of hydrogen-bond donors (Lipinski definition) is 1. The van der Waals surface area contributed by atoms with E-state index in [0.717, 1.165) is 0 Å². The van der Waals surface area contributed by atoms with Crippen LogP contribution in [0.4, 0.5) is 26.3 Å². The van der Waals surface area contributed by atoms with Gasteiger partial charge in [0, 0.05) is 0 Å². The Kier molecular flexibility index (Phi) is 3.18. The van der Waals surface area contributed by atoms with Crippen LogP contribution < -0.4 is 5.73 Å². The van der Waals surface area contributed by atoms with Gasteiger partial charge in [-0.05, 0) is 6.07 Å². The third-order valence-electron chi connectivity index (χ3n) is 1.95. The summed E-state index contributed by atoms with van der Waals surface area (Å²) in [6.45, 7) is -1.26. The van der Waals surface area contributed by atoms with Crippen molar-refractivity contribution in [3.63, 3.8) is 0 Å². The van der Waals surface area contributed by atoms with Crippen LogP contribution in [0.15, 0.2) is 18.2 Å². The van der Waals surface area contributed by atoms with Crippen LogP contribution in [-0.4, -0.2) is 6.54 Å². The molecule has 0 aromatic heterocycles. The third-order valence-corrected chi connectivity index (χ3v) is 1.95. The molecule has 0 fully saturated rings. The smallest absolute Gasteiger partial charge is 0.325 e. The maximum Gasteiger partial charge on any atom is 0.419 e.